The van der Waals surface area contributed by atoms with Crippen molar-refractivity contribution in [1.82, 2.24) is 0 Å². The first kappa shape index (κ1) is 12.4. The number of rotatable bonds is 2. The molecule has 0 atom stereocenters. The second-order valence-electron chi connectivity index (χ2n) is 3.75. The van der Waals surface area contributed by atoms with Crippen LogP contribution in [0.2, 0.25) is 0 Å². The lowest BCUT2D eigenvalue weighted by Crippen LogP contribution is -2.03. The summed E-state index contributed by atoms with van der Waals surface area (Å²) in [7, 11) is 0. The number of alkyl halides is 3. The number of halogens is 3. The molecule has 1 nitrogen and oxygen atoms in total. The lowest BCUT2D eigenvalue weighted by molar-refractivity contribution is -0.137. The van der Waals surface area contributed by atoms with Crippen LogP contribution in [-0.2, 0) is 11.0 Å². The number of hydrogen-bond acceptors (Lipinski definition) is 1. The van der Waals surface area contributed by atoms with Crippen LogP contribution in [0.3, 0.4) is 0 Å². The second kappa shape index (κ2) is 4.64. The summed E-state index contributed by atoms with van der Waals surface area (Å²) in [5.41, 5.74) is 1.15. The first-order chi connectivity index (χ1) is 8.50. The van der Waals surface area contributed by atoms with Crippen LogP contribution in [0.25, 0.3) is 11.1 Å². The van der Waals surface area contributed by atoms with Gasteiger partial charge in [-0.2, -0.15) is 13.2 Å². The van der Waals surface area contributed by atoms with Gasteiger partial charge < -0.3 is 0 Å². The van der Waals surface area contributed by atoms with Gasteiger partial charge in [0.05, 0.1) is 5.56 Å². The Morgan fingerprint density at radius 2 is 1.22 bits per heavy atom. The highest BCUT2D eigenvalue weighted by atomic mass is 19.4. The van der Waals surface area contributed by atoms with Crippen LogP contribution in [0.15, 0.2) is 48.5 Å². The van der Waals surface area contributed by atoms with Gasteiger partial charge in [-0.3, -0.25) is 4.79 Å². The average molecular weight is 249 g/mol. The molecule has 0 saturated heterocycles. The summed E-state index contributed by atoms with van der Waals surface area (Å²) in [6.07, 6.45) is -2.59. The topological polar surface area (TPSA) is 17.1 Å². The Hall–Kier alpha value is -2.10. The van der Waals surface area contributed by atoms with Crippen LogP contribution in [-0.4, -0.2) is 6.29 Å². The zero-order valence-electron chi connectivity index (χ0n) is 9.16. The van der Waals surface area contributed by atoms with Crippen LogP contribution in [0.4, 0.5) is 13.2 Å². The van der Waals surface area contributed by atoms with Crippen molar-refractivity contribution in [3.8, 4) is 11.1 Å². The summed E-state index contributed by atoms with van der Waals surface area (Å²) >= 11 is 0. The molecular formula is C14H8F3O. The molecule has 0 aliphatic carbocycles. The van der Waals surface area contributed by atoms with Gasteiger partial charge in [0.2, 0.25) is 6.29 Å². The molecule has 4 heteroatoms. The van der Waals surface area contributed by atoms with E-state index in [2.05, 4.69) is 0 Å². The monoisotopic (exact) mass is 249 g/mol. The van der Waals surface area contributed by atoms with E-state index in [4.69, 9.17) is 0 Å². The zero-order chi connectivity index (χ0) is 13.2. The Morgan fingerprint density at radius 3 is 1.61 bits per heavy atom. The van der Waals surface area contributed by atoms with Crippen molar-refractivity contribution in [2.45, 2.75) is 6.18 Å². The highest BCUT2D eigenvalue weighted by molar-refractivity contribution is 5.77. The van der Waals surface area contributed by atoms with E-state index in [0.717, 1.165) is 17.7 Å². The fraction of sp³-hybridized carbons (Fsp3) is 0.0714. The van der Waals surface area contributed by atoms with E-state index in [0.29, 0.717) is 11.1 Å². The molecule has 0 bridgehead atoms. The third-order valence-electron chi connectivity index (χ3n) is 2.55. The predicted octanol–water partition coefficient (Wildman–Crippen LogP) is 3.83. The molecule has 0 unspecified atom stereocenters. The van der Waals surface area contributed by atoms with Gasteiger partial charge in [0.15, 0.2) is 0 Å². The van der Waals surface area contributed by atoms with E-state index < -0.39 is 11.7 Å². The van der Waals surface area contributed by atoms with Crippen molar-refractivity contribution in [3.05, 3.63) is 59.7 Å². The molecule has 0 N–H and O–H groups in total. The van der Waals surface area contributed by atoms with Crippen LogP contribution in [0, 0.1) is 0 Å². The minimum Gasteiger partial charge on any atom is -0.285 e. The lowest BCUT2D eigenvalue weighted by Gasteiger charge is -2.07. The van der Waals surface area contributed by atoms with E-state index >= 15 is 0 Å². The molecule has 0 heterocycles. The van der Waals surface area contributed by atoms with Gasteiger partial charge in [-0.1, -0.05) is 36.4 Å². The van der Waals surface area contributed by atoms with Gasteiger partial charge in [0.25, 0.3) is 0 Å². The van der Waals surface area contributed by atoms with Crippen LogP contribution in [0.5, 0.6) is 0 Å². The molecule has 91 valence electrons. The van der Waals surface area contributed by atoms with Crippen molar-refractivity contribution in [2.24, 2.45) is 0 Å². The first-order valence-corrected chi connectivity index (χ1v) is 5.16. The number of benzene rings is 2. The maximum atomic E-state index is 12.4. The standard InChI is InChI=1S/C14H8F3O/c15-14(16,17)13-7-5-12(6-8-13)11-3-1-10(9-18)2-4-11/h1-8H. The molecule has 0 aromatic heterocycles. The molecular weight excluding hydrogens is 241 g/mol. The molecule has 1 radical (unpaired) electrons. The van der Waals surface area contributed by atoms with E-state index in [1.807, 2.05) is 0 Å². The molecule has 0 saturated carbocycles. The Bertz CT molecular complexity index is 539. The van der Waals surface area contributed by atoms with Crippen molar-refractivity contribution in [1.29, 1.82) is 0 Å². The second-order valence-corrected chi connectivity index (χ2v) is 3.75. The molecule has 0 fully saturated rings. The van der Waals surface area contributed by atoms with Gasteiger partial charge in [0.1, 0.15) is 0 Å². The fourth-order valence-electron chi connectivity index (χ4n) is 1.58. The smallest absolute Gasteiger partial charge is 0.285 e. The maximum Gasteiger partial charge on any atom is 0.416 e. The molecule has 2 rings (SSSR count). The summed E-state index contributed by atoms with van der Waals surface area (Å²) < 4.78 is 37.1. The fourth-order valence-corrected chi connectivity index (χ4v) is 1.58. The normalized spacial score (nSPS) is 11.3. The van der Waals surface area contributed by atoms with Crippen molar-refractivity contribution in [2.75, 3.05) is 0 Å². The highest BCUT2D eigenvalue weighted by Crippen LogP contribution is 2.30. The molecule has 0 aliphatic heterocycles. The lowest BCUT2D eigenvalue weighted by atomic mass is 10.0. The van der Waals surface area contributed by atoms with Gasteiger partial charge in [-0.25, -0.2) is 0 Å². The Balaban J connectivity index is 2.31. The summed E-state index contributed by atoms with van der Waals surface area (Å²) in [5, 5.41) is 0. The minimum atomic E-state index is -4.32. The van der Waals surface area contributed by atoms with Gasteiger partial charge >= 0.3 is 6.18 Å². The molecule has 0 spiro atoms. The maximum absolute atomic E-state index is 12.4. The summed E-state index contributed by atoms with van der Waals surface area (Å²) in [5.74, 6) is 0. The van der Waals surface area contributed by atoms with Crippen LogP contribution < -0.4 is 0 Å². The summed E-state index contributed by atoms with van der Waals surface area (Å²) in [6.45, 7) is 0. The molecule has 2 aromatic carbocycles. The quantitative estimate of drug-likeness (QED) is 0.790. The van der Waals surface area contributed by atoms with E-state index in [9.17, 15) is 18.0 Å². The van der Waals surface area contributed by atoms with Crippen molar-refractivity contribution in [3.63, 3.8) is 0 Å². The summed E-state index contributed by atoms with van der Waals surface area (Å²) in [6, 6.07) is 11.4. The third-order valence-corrected chi connectivity index (χ3v) is 2.55. The predicted molar refractivity (Wildman–Crippen MR) is 61.7 cm³/mol. The highest BCUT2D eigenvalue weighted by Gasteiger charge is 2.29. The number of hydrogen-bond donors (Lipinski definition) is 0. The van der Waals surface area contributed by atoms with Crippen molar-refractivity contribution >= 4 is 6.29 Å². The first-order valence-electron chi connectivity index (χ1n) is 5.16. The molecule has 2 aromatic rings. The van der Waals surface area contributed by atoms with E-state index in [-0.39, 0.29) is 0 Å². The van der Waals surface area contributed by atoms with E-state index in [1.165, 1.54) is 12.1 Å². The van der Waals surface area contributed by atoms with Gasteiger partial charge in [-0.15, -0.1) is 0 Å². The van der Waals surface area contributed by atoms with Gasteiger partial charge in [-0.05, 0) is 23.3 Å². The largest absolute Gasteiger partial charge is 0.416 e. The average Bonchev–Trinajstić information content (AvgIpc) is 2.38. The minimum absolute atomic E-state index is 0.408. The molecule has 18 heavy (non-hydrogen) atoms. The van der Waals surface area contributed by atoms with Crippen LogP contribution in [0.1, 0.15) is 11.1 Å². The van der Waals surface area contributed by atoms with Crippen LogP contribution >= 0.6 is 0 Å². The zero-order valence-corrected chi connectivity index (χ0v) is 9.16. The Labute approximate surface area is 102 Å². The number of carbonyl (C=O) groups excluding carboxylic acids is 1. The molecule has 0 amide bonds. The summed E-state index contributed by atoms with van der Waals surface area (Å²) in [4.78, 5) is 10.4. The molecule has 0 aliphatic rings. The third kappa shape index (κ3) is 2.59. The Morgan fingerprint density at radius 1 is 0.778 bits per heavy atom. The Kier molecular flexibility index (Phi) is 3.19. The van der Waals surface area contributed by atoms with E-state index in [1.54, 1.807) is 30.6 Å². The van der Waals surface area contributed by atoms with Crippen molar-refractivity contribution < 1.29 is 18.0 Å². The SMILES string of the molecule is O=[C]c1ccc(-c2ccc(C(F)(F)F)cc2)cc1. The van der Waals surface area contributed by atoms with Gasteiger partial charge in [0, 0.05) is 5.56 Å².